The Hall–Kier alpha value is -3.81. The molecule has 5 rings (SSSR count). The predicted molar refractivity (Wildman–Crippen MR) is 122 cm³/mol. The largest absolute Gasteiger partial charge is 0.449 e. The molecular formula is C26H22F3N3O2. The molecule has 1 N–H and O–H groups in total. The maximum Gasteiger partial charge on any atom is 0.291 e. The Morgan fingerprint density at radius 3 is 2.44 bits per heavy atom. The summed E-state index contributed by atoms with van der Waals surface area (Å²) in [4.78, 5) is 17.3. The summed E-state index contributed by atoms with van der Waals surface area (Å²) >= 11 is 0. The highest BCUT2D eigenvalue weighted by atomic mass is 19.2. The summed E-state index contributed by atoms with van der Waals surface area (Å²) in [5.74, 6) is -2.53. The van der Waals surface area contributed by atoms with Crippen LogP contribution in [0.2, 0.25) is 0 Å². The monoisotopic (exact) mass is 465 g/mol. The highest BCUT2D eigenvalue weighted by Crippen LogP contribution is 2.38. The lowest BCUT2D eigenvalue weighted by atomic mass is 9.95. The number of halogens is 3. The fourth-order valence-corrected chi connectivity index (χ4v) is 4.41. The Morgan fingerprint density at radius 1 is 0.941 bits per heavy atom. The van der Waals surface area contributed by atoms with Gasteiger partial charge in [0.25, 0.3) is 5.91 Å². The third-order valence-corrected chi connectivity index (χ3v) is 6.12. The molecule has 4 aromatic rings. The number of carbonyl (C=O) groups is 1. The fourth-order valence-electron chi connectivity index (χ4n) is 4.41. The van der Waals surface area contributed by atoms with Gasteiger partial charge in [-0.25, -0.2) is 18.2 Å². The van der Waals surface area contributed by atoms with E-state index < -0.39 is 17.5 Å². The van der Waals surface area contributed by atoms with Crippen LogP contribution in [0.5, 0.6) is 0 Å². The molecule has 8 heteroatoms. The van der Waals surface area contributed by atoms with Crippen LogP contribution in [0.25, 0.3) is 22.7 Å². The van der Waals surface area contributed by atoms with E-state index in [9.17, 15) is 18.0 Å². The van der Waals surface area contributed by atoms with Crippen molar-refractivity contribution in [3.05, 3.63) is 84.1 Å². The van der Waals surface area contributed by atoms with Crippen molar-refractivity contribution in [1.29, 1.82) is 0 Å². The van der Waals surface area contributed by atoms with Gasteiger partial charge in [0.2, 0.25) is 0 Å². The number of amides is 1. The molecule has 0 unspecified atom stereocenters. The van der Waals surface area contributed by atoms with Gasteiger partial charge in [-0.15, -0.1) is 0 Å². The molecule has 1 fully saturated rings. The third-order valence-electron chi connectivity index (χ3n) is 6.12. The lowest BCUT2D eigenvalue weighted by molar-refractivity contribution is 0.0997. The molecule has 0 atom stereocenters. The average Bonchev–Trinajstić information content (AvgIpc) is 3.50. The molecule has 0 bridgehead atoms. The smallest absolute Gasteiger partial charge is 0.291 e. The number of benzene rings is 2. The maximum absolute atomic E-state index is 13.5. The maximum atomic E-state index is 13.5. The van der Waals surface area contributed by atoms with Gasteiger partial charge in [-0.05, 0) is 61.4 Å². The van der Waals surface area contributed by atoms with Gasteiger partial charge in [-0.1, -0.05) is 19.3 Å². The van der Waals surface area contributed by atoms with E-state index >= 15 is 0 Å². The second kappa shape index (κ2) is 9.21. The van der Waals surface area contributed by atoms with E-state index in [4.69, 9.17) is 4.42 Å². The standard InChI is InChI=1S/C26H22F3N3O2/c27-17-8-6-16(7-9-17)24-25(32(15-30-24)19-4-2-1-3-5-19)22-12-13-23(34-22)26(33)31-18-10-11-20(28)21(29)14-18/h6-15,19H,1-5H2,(H,31,33). The van der Waals surface area contributed by atoms with Gasteiger partial charge in [-0.2, -0.15) is 0 Å². The van der Waals surface area contributed by atoms with Gasteiger partial charge >= 0.3 is 0 Å². The summed E-state index contributed by atoms with van der Waals surface area (Å²) in [6.45, 7) is 0. The Labute approximate surface area is 194 Å². The summed E-state index contributed by atoms with van der Waals surface area (Å²) < 4.78 is 48.2. The van der Waals surface area contributed by atoms with Crippen molar-refractivity contribution >= 4 is 11.6 Å². The molecule has 0 radical (unpaired) electrons. The van der Waals surface area contributed by atoms with Crippen LogP contribution in [0.3, 0.4) is 0 Å². The lowest BCUT2D eigenvalue weighted by Crippen LogP contribution is -2.13. The Bertz CT molecular complexity index is 1320. The summed E-state index contributed by atoms with van der Waals surface area (Å²) in [6.07, 6.45) is 7.23. The van der Waals surface area contributed by atoms with Crippen molar-refractivity contribution in [2.45, 2.75) is 38.1 Å². The molecule has 0 aliphatic heterocycles. The number of furan rings is 1. The van der Waals surface area contributed by atoms with E-state index in [1.165, 1.54) is 30.7 Å². The number of nitrogens with zero attached hydrogens (tertiary/aromatic N) is 2. The molecule has 2 aromatic carbocycles. The van der Waals surface area contributed by atoms with Crippen LogP contribution in [0.15, 0.2) is 65.3 Å². The zero-order chi connectivity index (χ0) is 23.7. The van der Waals surface area contributed by atoms with E-state index in [1.807, 2.05) is 0 Å². The highest BCUT2D eigenvalue weighted by Gasteiger charge is 2.25. The van der Waals surface area contributed by atoms with Gasteiger partial charge in [0, 0.05) is 23.4 Å². The molecule has 0 saturated heterocycles. The second-order valence-electron chi connectivity index (χ2n) is 8.39. The van der Waals surface area contributed by atoms with Gasteiger partial charge in [-0.3, -0.25) is 4.79 Å². The van der Waals surface area contributed by atoms with Crippen LogP contribution >= 0.6 is 0 Å². The second-order valence-corrected chi connectivity index (χ2v) is 8.39. The van der Waals surface area contributed by atoms with E-state index in [1.54, 1.807) is 24.5 Å². The molecular weight excluding hydrogens is 443 g/mol. The van der Waals surface area contributed by atoms with Crippen molar-refractivity contribution in [3.8, 4) is 22.7 Å². The molecule has 1 aliphatic rings. The average molecular weight is 465 g/mol. The fraction of sp³-hybridized carbons (Fsp3) is 0.231. The van der Waals surface area contributed by atoms with E-state index in [0.29, 0.717) is 17.1 Å². The Morgan fingerprint density at radius 2 is 1.71 bits per heavy atom. The summed E-state index contributed by atoms with van der Waals surface area (Å²) in [6, 6.07) is 12.6. The minimum atomic E-state index is -1.06. The number of hydrogen-bond donors (Lipinski definition) is 1. The number of hydrogen-bond acceptors (Lipinski definition) is 3. The third kappa shape index (κ3) is 4.35. The SMILES string of the molecule is O=C(Nc1ccc(F)c(F)c1)c1ccc(-c2c(-c3ccc(F)cc3)ncn2C2CCCCC2)o1. The van der Waals surface area contributed by atoms with E-state index in [0.717, 1.165) is 43.4 Å². The number of anilines is 1. The van der Waals surface area contributed by atoms with E-state index in [-0.39, 0.29) is 23.3 Å². The zero-order valence-electron chi connectivity index (χ0n) is 18.2. The summed E-state index contributed by atoms with van der Waals surface area (Å²) in [5.41, 5.74) is 2.19. The lowest BCUT2D eigenvalue weighted by Gasteiger charge is -2.24. The first-order valence-corrected chi connectivity index (χ1v) is 11.2. The van der Waals surface area contributed by atoms with Crippen molar-refractivity contribution in [2.24, 2.45) is 0 Å². The molecule has 2 heterocycles. The van der Waals surface area contributed by atoms with Crippen LogP contribution in [-0.4, -0.2) is 15.5 Å². The van der Waals surface area contributed by atoms with Crippen molar-refractivity contribution < 1.29 is 22.4 Å². The van der Waals surface area contributed by atoms with Crippen LogP contribution in [-0.2, 0) is 0 Å². The summed E-state index contributed by atoms with van der Waals surface area (Å²) in [5, 5.41) is 2.51. The van der Waals surface area contributed by atoms with Gasteiger partial charge in [0.1, 0.15) is 11.5 Å². The quantitative estimate of drug-likeness (QED) is 0.346. The van der Waals surface area contributed by atoms with Crippen molar-refractivity contribution in [1.82, 2.24) is 9.55 Å². The molecule has 1 amide bonds. The van der Waals surface area contributed by atoms with Crippen molar-refractivity contribution in [3.63, 3.8) is 0 Å². The molecule has 34 heavy (non-hydrogen) atoms. The molecule has 174 valence electrons. The minimum absolute atomic E-state index is 0.0150. The van der Waals surface area contributed by atoms with Gasteiger partial charge < -0.3 is 14.3 Å². The van der Waals surface area contributed by atoms with Gasteiger partial charge in [0.05, 0.1) is 12.0 Å². The van der Waals surface area contributed by atoms with Crippen LogP contribution in [0.1, 0.15) is 48.7 Å². The molecule has 0 spiro atoms. The van der Waals surface area contributed by atoms with E-state index in [2.05, 4.69) is 14.9 Å². The zero-order valence-corrected chi connectivity index (χ0v) is 18.2. The molecule has 1 saturated carbocycles. The summed E-state index contributed by atoms with van der Waals surface area (Å²) in [7, 11) is 0. The minimum Gasteiger partial charge on any atom is -0.449 e. The highest BCUT2D eigenvalue weighted by molar-refractivity contribution is 6.02. The number of nitrogens with one attached hydrogen (secondary N) is 1. The Kier molecular flexibility index (Phi) is 5.96. The topological polar surface area (TPSA) is 60.1 Å². The van der Waals surface area contributed by atoms with Crippen molar-refractivity contribution in [2.75, 3.05) is 5.32 Å². The molecule has 5 nitrogen and oxygen atoms in total. The van der Waals surface area contributed by atoms with Gasteiger partial charge in [0.15, 0.2) is 23.2 Å². The number of rotatable bonds is 5. The number of aromatic nitrogens is 2. The van der Waals surface area contributed by atoms with Crippen LogP contribution < -0.4 is 5.32 Å². The first-order chi connectivity index (χ1) is 16.5. The Balaban J connectivity index is 1.49. The first kappa shape index (κ1) is 22.0. The molecule has 1 aliphatic carbocycles. The number of imidazole rings is 1. The van der Waals surface area contributed by atoms with Crippen LogP contribution in [0.4, 0.5) is 18.9 Å². The predicted octanol–water partition coefficient (Wildman–Crippen LogP) is 6.98. The molecule has 2 aromatic heterocycles. The normalized spacial score (nSPS) is 14.3. The van der Waals surface area contributed by atoms with Crippen LogP contribution in [0, 0.1) is 17.5 Å². The first-order valence-electron chi connectivity index (χ1n) is 11.2. The number of carbonyl (C=O) groups excluding carboxylic acids is 1.